The average molecular weight is 560 g/mol. The molecule has 1 fully saturated rings. The second kappa shape index (κ2) is 12.7. The molecule has 1 aromatic heterocycles. The monoisotopic (exact) mass is 558 g/mol. The van der Waals surface area contributed by atoms with Gasteiger partial charge < -0.3 is 9.64 Å². The van der Waals surface area contributed by atoms with E-state index in [4.69, 9.17) is 9.72 Å². The van der Waals surface area contributed by atoms with Crippen LogP contribution in [0.1, 0.15) is 22.3 Å². The van der Waals surface area contributed by atoms with Gasteiger partial charge in [0.1, 0.15) is 11.3 Å². The number of benzene rings is 3. The summed E-state index contributed by atoms with van der Waals surface area (Å²) < 4.78 is 6.52. The van der Waals surface area contributed by atoms with Crippen molar-refractivity contribution in [2.75, 3.05) is 39.6 Å². The molecule has 37 heavy (non-hydrogen) atoms. The van der Waals surface area contributed by atoms with Gasteiger partial charge >= 0.3 is 0 Å². The first-order chi connectivity index (χ1) is 17.0. The summed E-state index contributed by atoms with van der Waals surface area (Å²) in [5, 5.41) is 3.54. The minimum absolute atomic E-state index is 0. The first kappa shape index (κ1) is 28.9. The van der Waals surface area contributed by atoms with Crippen LogP contribution in [0.5, 0.6) is 5.75 Å². The highest BCUT2D eigenvalue weighted by Crippen LogP contribution is 2.39. The summed E-state index contributed by atoms with van der Waals surface area (Å²) in [6.07, 6.45) is 1.20. The molecule has 0 saturated carbocycles. The largest absolute Gasteiger partial charge is 0.494 e. The number of halogens is 2. The third-order valence-electron chi connectivity index (χ3n) is 6.63. The fourth-order valence-corrected chi connectivity index (χ4v) is 5.63. The summed E-state index contributed by atoms with van der Waals surface area (Å²) in [5.41, 5.74) is 4.77. The van der Waals surface area contributed by atoms with Crippen LogP contribution < -0.4 is 10.1 Å². The molecule has 6 nitrogen and oxygen atoms in total. The lowest BCUT2D eigenvalue weighted by atomic mass is 10.1. The van der Waals surface area contributed by atoms with Crippen molar-refractivity contribution in [2.45, 2.75) is 19.0 Å². The number of anilines is 1. The molecule has 0 radical (unpaired) electrons. The molecule has 1 atom stereocenters. The van der Waals surface area contributed by atoms with Crippen molar-refractivity contribution in [3.8, 4) is 16.9 Å². The van der Waals surface area contributed by atoms with Crippen LogP contribution in [0.15, 0.2) is 66.7 Å². The van der Waals surface area contributed by atoms with Crippen LogP contribution in [0.3, 0.4) is 0 Å². The lowest BCUT2D eigenvalue weighted by molar-refractivity contribution is 0.102. The number of likely N-dealkylation sites (tertiary alicyclic amines) is 1. The van der Waals surface area contributed by atoms with Crippen LogP contribution in [0, 0.1) is 0 Å². The predicted octanol–water partition coefficient (Wildman–Crippen LogP) is 6.20. The summed E-state index contributed by atoms with van der Waals surface area (Å²) >= 11 is 1.46. The summed E-state index contributed by atoms with van der Waals surface area (Å²) in [4.78, 5) is 22.4. The maximum atomic E-state index is 13.0. The first-order valence-electron chi connectivity index (χ1n) is 11.8. The van der Waals surface area contributed by atoms with Crippen molar-refractivity contribution >= 4 is 57.4 Å². The van der Waals surface area contributed by atoms with Crippen LogP contribution in [0.25, 0.3) is 21.3 Å². The Morgan fingerprint density at radius 3 is 2.46 bits per heavy atom. The van der Waals surface area contributed by atoms with Crippen LogP contribution in [-0.4, -0.2) is 61.0 Å². The zero-order valence-corrected chi connectivity index (χ0v) is 23.6. The predicted molar refractivity (Wildman–Crippen MR) is 158 cm³/mol. The van der Waals surface area contributed by atoms with E-state index in [1.54, 1.807) is 7.11 Å². The maximum absolute atomic E-state index is 13.0. The number of aromatic nitrogens is 1. The molecule has 3 aromatic carbocycles. The highest BCUT2D eigenvalue weighted by molar-refractivity contribution is 7.23. The Kier molecular flexibility index (Phi) is 9.93. The molecule has 1 aliphatic rings. The van der Waals surface area contributed by atoms with Gasteiger partial charge in [-0.15, -0.1) is 24.8 Å². The fraction of sp³-hybridized carbons (Fsp3) is 0.286. The molecule has 1 saturated heterocycles. The van der Waals surface area contributed by atoms with Crippen LogP contribution in [-0.2, 0) is 6.54 Å². The Hall–Kier alpha value is -2.68. The molecule has 4 aromatic rings. The number of likely N-dealkylation sites (N-methyl/N-ethyl adjacent to an activating group) is 1. The van der Waals surface area contributed by atoms with Crippen molar-refractivity contribution in [1.29, 1.82) is 0 Å². The molecule has 2 heterocycles. The summed E-state index contributed by atoms with van der Waals surface area (Å²) in [5.74, 6) is 0.531. The lowest BCUT2D eigenvalue weighted by Crippen LogP contribution is -2.31. The minimum Gasteiger partial charge on any atom is -0.494 e. The smallest absolute Gasteiger partial charge is 0.257 e. The number of fused-ring (bicyclic) bond motifs is 1. The second-order valence-corrected chi connectivity index (χ2v) is 10.2. The van der Waals surface area contributed by atoms with E-state index in [1.807, 2.05) is 54.6 Å². The highest BCUT2D eigenvalue weighted by atomic mass is 35.5. The molecule has 0 unspecified atom stereocenters. The normalized spacial score (nSPS) is 15.3. The number of ether oxygens (including phenoxy) is 1. The molecule has 1 aliphatic heterocycles. The SMILES string of the molecule is COc1ccc(-c2ccccc2)c2sc(NC(=O)c3ccc(CN4CC[C@H](N(C)C)C4)cc3)nc12.Cl.Cl. The van der Waals surface area contributed by atoms with Crippen molar-refractivity contribution < 1.29 is 9.53 Å². The fourth-order valence-electron chi connectivity index (χ4n) is 4.61. The number of rotatable bonds is 7. The summed E-state index contributed by atoms with van der Waals surface area (Å²) in [6.45, 7) is 3.10. The zero-order chi connectivity index (χ0) is 24.4. The van der Waals surface area contributed by atoms with Gasteiger partial charge in [-0.1, -0.05) is 53.8 Å². The number of carbonyl (C=O) groups excluding carboxylic acids is 1. The standard InChI is InChI=1S/C28H30N4O2S.2ClH/c1-31(2)22-15-16-32(18-22)17-19-9-11-21(12-10-19)27(33)30-28-29-25-24(34-3)14-13-23(26(25)35-28)20-7-5-4-6-8-20;;/h4-14,22H,15-18H2,1-3H3,(H,29,30,33);2*1H/t22-;;/m0../s1. The van der Waals surface area contributed by atoms with E-state index in [1.165, 1.54) is 23.3 Å². The van der Waals surface area contributed by atoms with Gasteiger partial charge in [0.15, 0.2) is 5.13 Å². The number of hydrogen-bond donors (Lipinski definition) is 1. The van der Waals surface area contributed by atoms with Gasteiger partial charge in [0.2, 0.25) is 0 Å². The third-order valence-corrected chi connectivity index (χ3v) is 7.64. The van der Waals surface area contributed by atoms with E-state index in [2.05, 4.69) is 41.3 Å². The number of methoxy groups -OCH3 is 1. The van der Waals surface area contributed by atoms with E-state index in [0.717, 1.165) is 41.0 Å². The Bertz CT molecular complexity index is 1330. The molecule has 5 rings (SSSR count). The van der Waals surface area contributed by atoms with Gasteiger partial charge in [-0.2, -0.15) is 0 Å². The Labute approximate surface area is 234 Å². The van der Waals surface area contributed by atoms with Crippen molar-refractivity contribution in [2.24, 2.45) is 0 Å². The van der Waals surface area contributed by atoms with Crippen molar-refractivity contribution in [3.63, 3.8) is 0 Å². The van der Waals surface area contributed by atoms with Gasteiger partial charge in [0.25, 0.3) is 5.91 Å². The lowest BCUT2D eigenvalue weighted by Gasteiger charge is -2.20. The third kappa shape index (κ3) is 6.43. The molecule has 1 amide bonds. The topological polar surface area (TPSA) is 57.7 Å². The van der Waals surface area contributed by atoms with E-state index >= 15 is 0 Å². The molecular weight excluding hydrogens is 527 g/mol. The summed E-state index contributed by atoms with van der Waals surface area (Å²) in [7, 11) is 5.93. The number of amides is 1. The average Bonchev–Trinajstić information content (AvgIpc) is 3.51. The van der Waals surface area contributed by atoms with E-state index in [9.17, 15) is 4.79 Å². The number of carbonyl (C=O) groups is 1. The van der Waals surface area contributed by atoms with E-state index in [0.29, 0.717) is 22.5 Å². The number of thiazole rings is 1. The van der Waals surface area contributed by atoms with Gasteiger partial charge in [0, 0.05) is 36.8 Å². The van der Waals surface area contributed by atoms with Gasteiger partial charge in [-0.25, -0.2) is 4.98 Å². The molecule has 0 spiro atoms. The van der Waals surface area contributed by atoms with E-state index < -0.39 is 0 Å². The molecule has 9 heteroatoms. The molecule has 196 valence electrons. The van der Waals surface area contributed by atoms with Gasteiger partial charge in [-0.05, 0) is 55.9 Å². The number of nitrogens with zero attached hydrogens (tertiary/aromatic N) is 3. The maximum Gasteiger partial charge on any atom is 0.257 e. The number of hydrogen-bond acceptors (Lipinski definition) is 6. The zero-order valence-electron chi connectivity index (χ0n) is 21.1. The quantitative estimate of drug-likeness (QED) is 0.292. The Morgan fingerprint density at radius 1 is 1.08 bits per heavy atom. The summed E-state index contributed by atoms with van der Waals surface area (Å²) in [6, 6.07) is 22.7. The van der Waals surface area contributed by atoms with Crippen LogP contribution in [0.2, 0.25) is 0 Å². The first-order valence-corrected chi connectivity index (χ1v) is 12.7. The van der Waals surface area contributed by atoms with Crippen LogP contribution in [0.4, 0.5) is 5.13 Å². The second-order valence-electron chi connectivity index (χ2n) is 9.17. The molecule has 1 N–H and O–H groups in total. The molecule has 0 bridgehead atoms. The van der Waals surface area contributed by atoms with Gasteiger partial charge in [-0.3, -0.25) is 15.0 Å². The van der Waals surface area contributed by atoms with Crippen molar-refractivity contribution in [3.05, 3.63) is 77.9 Å². The highest BCUT2D eigenvalue weighted by Gasteiger charge is 2.23. The molecular formula is C28H32Cl2N4O2S. The van der Waals surface area contributed by atoms with Crippen LogP contribution >= 0.6 is 36.2 Å². The molecule has 0 aliphatic carbocycles. The Balaban J connectivity index is 0.00000190. The van der Waals surface area contributed by atoms with Crippen molar-refractivity contribution in [1.82, 2.24) is 14.8 Å². The van der Waals surface area contributed by atoms with E-state index in [-0.39, 0.29) is 30.7 Å². The van der Waals surface area contributed by atoms with Gasteiger partial charge in [0.05, 0.1) is 11.8 Å². The minimum atomic E-state index is -0.162. The number of nitrogens with one attached hydrogen (secondary N) is 1. The Morgan fingerprint density at radius 2 is 1.81 bits per heavy atom.